The van der Waals surface area contributed by atoms with Crippen molar-refractivity contribution in [2.75, 3.05) is 5.32 Å². The number of hydrogen-bond donors (Lipinski definition) is 3. The van der Waals surface area contributed by atoms with Crippen molar-refractivity contribution < 1.29 is 14.3 Å². The van der Waals surface area contributed by atoms with Crippen LogP contribution in [0.4, 0.5) is 5.69 Å². The van der Waals surface area contributed by atoms with Crippen LogP contribution in [-0.2, 0) is 0 Å². The number of pyridine rings is 1. The van der Waals surface area contributed by atoms with Crippen LogP contribution in [0.1, 0.15) is 35.7 Å². The lowest BCUT2D eigenvalue weighted by atomic mass is 10.1. The molecule has 0 bridgehead atoms. The maximum atomic E-state index is 11.1. The zero-order valence-corrected chi connectivity index (χ0v) is 11.1. The van der Waals surface area contributed by atoms with Gasteiger partial charge < -0.3 is 20.6 Å². The first-order chi connectivity index (χ1) is 9.56. The van der Waals surface area contributed by atoms with E-state index < -0.39 is 12.0 Å². The number of hydrogen-bond acceptors (Lipinski definition) is 5. The summed E-state index contributed by atoms with van der Waals surface area (Å²) in [5.74, 6) is -0.0388. The quantitative estimate of drug-likeness (QED) is 0.744. The fourth-order valence-electron chi connectivity index (χ4n) is 1.93. The maximum absolute atomic E-state index is 11.1. The molecule has 106 valence electrons. The Balaban J connectivity index is 1.96. The van der Waals surface area contributed by atoms with Gasteiger partial charge in [0.1, 0.15) is 17.6 Å². The SMILES string of the molecule is C[C@@H](C[C@@H](O)c1ccco1)Nc1ccnc(C(N)=O)c1. The Morgan fingerprint density at radius 3 is 3.00 bits per heavy atom. The van der Waals surface area contributed by atoms with Gasteiger partial charge in [-0.05, 0) is 31.2 Å². The average Bonchev–Trinajstić information content (AvgIpc) is 2.92. The van der Waals surface area contributed by atoms with Gasteiger partial charge in [0.15, 0.2) is 0 Å². The number of nitrogens with two attached hydrogens (primary N) is 1. The minimum absolute atomic E-state index is 0.0155. The van der Waals surface area contributed by atoms with E-state index in [0.717, 1.165) is 5.69 Å². The summed E-state index contributed by atoms with van der Waals surface area (Å²) in [6, 6.07) is 6.77. The minimum atomic E-state index is -0.676. The lowest BCUT2D eigenvalue weighted by Gasteiger charge is -2.18. The zero-order chi connectivity index (χ0) is 14.5. The first kappa shape index (κ1) is 14.1. The maximum Gasteiger partial charge on any atom is 0.267 e. The standard InChI is InChI=1S/C14H17N3O3/c1-9(7-12(18)13-3-2-6-20-13)17-10-4-5-16-11(8-10)14(15)19/h2-6,8-9,12,18H,7H2,1H3,(H2,15,19)(H,16,17)/t9-,12+/m0/s1. The second kappa shape index (κ2) is 6.21. The van der Waals surface area contributed by atoms with Crippen molar-refractivity contribution >= 4 is 11.6 Å². The number of aromatic nitrogens is 1. The van der Waals surface area contributed by atoms with Gasteiger partial charge in [0, 0.05) is 24.3 Å². The van der Waals surface area contributed by atoms with E-state index in [2.05, 4.69) is 10.3 Å². The predicted molar refractivity (Wildman–Crippen MR) is 74.1 cm³/mol. The van der Waals surface area contributed by atoms with Crippen LogP contribution < -0.4 is 11.1 Å². The van der Waals surface area contributed by atoms with Crippen molar-refractivity contribution in [3.05, 3.63) is 48.2 Å². The molecule has 0 unspecified atom stereocenters. The molecule has 0 saturated heterocycles. The molecular formula is C14H17N3O3. The Bertz CT molecular complexity index is 569. The molecule has 0 aliphatic heterocycles. The summed E-state index contributed by atoms with van der Waals surface area (Å²) >= 11 is 0. The number of aliphatic hydroxyl groups excluding tert-OH is 1. The highest BCUT2D eigenvalue weighted by Gasteiger charge is 2.15. The van der Waals surface area contributed by atoms with Crippen LogP contribution in [0.15, 0.2) is 41.1 Å². The van der Waals surface area contributed by atoms with Crippen molar-refractivity contribution in [2.45, 2.75) is 25.5 Å². The summed E-state index contributed by atoms with van der Waals surface area (Å²) < 4.78 is 5.15. The number of furan rings is 1. The molecule has 2 rings (SSSR count). The number of primary amides is 1. The first-order valence-electron chi connectivity index (χ1n) is 6.30. The monoisotopic (exact) mass is 275 g/mol. The number of rotatable bonds is 6. The summed E-state index contributed by atoms with van der Waals surface area (Å²) in [5.41, 5.74) is 6.11. The van der Waals surface area contributed by atoms with E-state index in [4.69, 9.17) is 10.2 Å². The second-order valence-electron chi connectivity index (χ2n) is 4.61. The van der Waals surface area contributed by atoms with Gasteiger partial charge in [-0.3, -0.25) is 9.78 Å². The van der Waals surface area contributed by atoms with Gasteiger partial charge in [-0.15, -0.1) is 0 Å². The molecule has 0 spiro atoms. The molecule has 4 N–H and O–H groups in total. The van der Waals surface area contributed by atoms with Crippen molar-refractivity contribution in [1.29, 1.82) is 0 Å². The Labute approximate surface area is 116 Å². The number of carbonyl (C=O) groups excluding carboxylic acids is 1. The Kier molecular flexibility index (Phi) is 4.37. The number of amides is 1. The Morgan fingerprint density at radius 2 is 2.35 bits per heavy atom. The van der Waals surface area contributed by atoms with Crippen molar-refractivity contribution in [1.82, 2.24) is 4.98 Å². The molecule has 0 fully saturated rings. The van der Waals surface area contributed by atoms with Gasteiger partial charge in [-0.2, -0.15) is 0 Å². The molecule has 1 amide bonds. The van der Waals surface area contributed by atoms with Crippen LogP contribution in [0.25, 0.3) is 0 Å². The summed E-state index contributed by atoms with van der Waals surface area (Å²) in [7, 11) is 0. The van der Waals surface area contributed by atoms with Crippen molar-refractivity contribution in [3.8, 4) is 0 Å². The summed E-state index contributed by atoms with van der Waals surface area (Å²) in [6.07, 6.45) is 2.84. The van der Waals surface area contributed by atoms with Gasteiger partial charge >= 0.3 is 0 Å². The van der Waals surface area contributed by atoms with E-state index in [1.54, 1.807) is 24.3 Å². The van der Waals surface area contributed by atoms with Crippen LogP contribution >= 0.6 is 0 Å². The minimum Gasteiger partial charge on any atom is -0.467 e. The lowest BCUT2D eigenvalue weighted by Crippen LogP contribution is -2.19. The molecule has 2 aromatic rings. The van der Waals surface area contributed by atoms with E-state index in [1.165, 1.54) is 12.5 Å². The Hall–Kier alpha value is -2.34. The van der Waals surface area contributed by atoms with Crippen LogP contribution in [0, 0.1) is 0 Å². The molecule has 20 heavy (non-hydrogen) atoms. The van der Waals surface area contributed by atoms with E-state index in [0.29, 0.717) is 12.2 Å². The van der Waals surface area contributed by atoms with Gasteiger partial charge in [0.25, 0.3) is 5.91 Å². The Morgan fingerprint density at radius 1 is 1.55 bits per heavy atom. The lowest BCUT2D eigenvalue weighted by molar-refractivity contribution is 0.0995. The predicted octanol–water partition coefficient (Wildman–Crippen LogP) is 1.70. The van der Waals surface area contributed by atoms with Gasteiger partial charge in [-0.1, -0.05) is 0 Å². The van der Waals surface area contributed by atoms with E-state index in [1.807, 2.05) is 6.92 Å². The topological polar surface area (TPSA) is 101 Å². The van der Waals surface area contributed by atoms with E-state index in [9.17, 15) is 9.90 Å². The largest absolute Gasteiger partial charge is 0.467 e. The molecule has 6 nitrogen and oxygen atoms in total. The molecule has 0 aliphatic rings. The fraction of sp³-hybridized carbons (Fsp3) is 0.286. The third-order valence-electron chi connectivity index (χ3n) is 2.87. The average molecular weight is 275 g/mol. The molecule has 0 aliphatic carbocycles. The zero-order valence-electron chi connectivity index (χ0n) is 11.1. The summed E-state index contributed by atoms with van der Waals surface area (Å²) in [5, 5.41) is 13.2. The molecule has 0 saturated carbocycles. The number of aliphatic hydroxyl groups is 1. The normalized spacial score (nSPS) is 13.7. The number of carbonyl (C=O) groups is 1. The molecule has 0 radical (unpaired) electrons. The molecule has 2 aromatic heterocycles. The van der Waals surface area contributed by atoms with Crippen LogP contribution in [-0.4, -0.2) is 22.0 Å². The fourth-order valence-corrected chi connectivity index (χ4v) is 1.93. The smallest absolute Gasteiger partial charge is 0.267 e. The highest BCUT2D eigenvalue weighted by atomic mass is 16.4. The van der Waals surface area contributed by atoms with E-state index >= 15 is 0 Å². The van der Waals surface area contributed by atoms with Crippen LogP contribution in [0.2, 0.25) is 0 Å². The molecule has 6 heteroatoms. The summed E-state index contributed by atoms with van der Waals surface area (Å²) in [6.45, 7) is 1.93. The third-order valence-corrected chi connectivity index (χ3v) is 2.87. The number of nitrogens with zero attached hydrogens (tertiary/aromatic N) is 1. The van der Waals surface area contributed by atoms with Crippen LogP contribution in [0.3, 0.4) is 0 Å². The van der Waals surface area contributed by atoms with Gasteiger partial charge in [-0.25, -0.2) is 0 Å². The first-order valence-corrected chi connectivity index (χ1v) is 6.30. The highest BCUT2D eigenvalue weighted by Crippen LogP contribution is 2.20. The van der Waals surface area contributed by atoms with Crippen LogP contribution in [0.5, 0.6) is 0 Å². The van der Waals surface area contributed by atoms with E-state index in [-0.39, 0.29) is 11.7 Å². The molecule has 2 heterocycles. The van der Waals surface area contributed by atoms with Crippen molar-refractivity contribution in [3.63, 3.8) is 0 Å². The highest BCUT2D eigenvalue weighted by molar-refractivity contribution is 5.91. The molecular weight excluding hydrogens is 258 g/mol. The third kappa shape index (κ3) is 3.58. The van der Waals surface area contributed by atoms with Crippen molar-refractivity contribution in [2.24, 2.45) is 5.73 Å². The molecule has 0 aromatic carbocycles. The molecule has 2 atom stereocenters. The second-order valence-corrected chi connectivity index (χ2v) is 4.61. The van der Waals surface area contributed by atoms with Gasteiger partial charge in [0.05, 0.1) is 6.26 Å². The van der Waals surface area contributed by atoms with Gasteiger partial charge in [0.2, 0.25) is 0 Å². The summed E-state index contributed by atoms with van der Waals surface area (Å²) in [4.78, 5) is 14.9. The number of nitrogens with one attached hydrogen (secondary N) is 1. The number of anilines is 1.